The Balaban J connectivity index is 1.35. The highest BCUT2D eigenvalue weighted by molar-refractivity contribution is 7.91. The topological polar surface area (TPSA) is 107 Å². The Morgan fingerprint density at radius 3 is 2.59 bits per heavy atom. The lowest BCUT2D eigenvalue weighted by molar-refractivity contribution is -0.121. The van der Waals surface area contributed by atoms with Crippen LogP contribution in [-0.2, 0) is 14.6 Å². The Morgan fingerprint density at radius 1 is 1.12 bits per heavy atom. The molecule has 0 bridgehead atoms. The molecule has 0 spiro atoms. The van der Waals surface area contributed by atoms with Crippen LogP contribution < -0.4 is 26.2 Å². The molecule has 3 atom stereocenters. The van der Waals surface area contributed by atoms with Crippen molar-refractivity contribution >= 4 is 27.2 Å². The monoisotopic (exact) mass is 460 g/mol. The van der Waals surface area contributed by atoms with E-state index in [1.165, 1.54) is 11.1 Å². The summed E-state index contributed by atoms with van der Waals surface area (Å²) in [6, 6.07) is 8.04. The molecule has 4 heterocycles. The number of hydrogen-bond donors (Lipinski definition) is 3. The largest absolute Gasteiger partial charge is 0.355 e. The number of hydrazine groups is 2. The second kappa shape index (κ2) is 8.07. The zero-order valence-electron chi connectivity index (χ0n) is 17.6. The number of sulfone groups is 1. The van der Waals surface area contributed by atoms with Gasteiger partial charge in [-0.3, -0.25) is 10.2 Å². The van der Waals surface area contributed by atoms with Gasteiger partial charge in [0.15, 0.2) is 9.84 Å². The number of benzene rings is 1. The van der Waals surface area contributed by atoms with Crippen molar-refractivity contribution in [3.8, 4) is 0 Å². The minimum atomic E-state index is -2.95. The molecular weight excluding hydrogens is 435 g/mol. The van der Waals surface area contributed by atoms with E-state index in [0.717, 1.165) is 11.4 Å². The van der Waals surface area contributed by atoms with Crippen molar-refractivity contribution in [2.75, 3.05) is 34.5 Å². The third kappa shape index (κ3) is 3.85. The predicted octanol–water partition coefficient (Wildman–Crippen LogP) is 0.592. The number of rotatable bonds is 3. The number of carbonyl (C=O) groups excluding carboxylic acids is 1. The summed E-state index contributed by atoms with van der Waals surface area (Å²) in [7, 11) is -2.95. The van der Waals surface area contributed by atoms with Gasteiger partial charge < -0.3 is 4.90 Å². The molecule has 3 saturated heterocycles. The molecule has 3 aliphatic heterocycles. The molecule has 5 rings (SSSR count). The molecule has 0 radical (unpaired) electrons. The van der Waals surface area contributed by atoms with E-state index < -0.39 is 15.7 Å². The SMILES string of the molecule is Cc1cccc(F)c1N1NC2C(CC1=O)NNC2c1ccc(N2CCS(=O)(=O)CC2)nc1. The quantitative estimate of drug-likeness (QED) is 0.611. The van der Waals surface area contributed by atoms with Crippen LogP contribution in [0.4, 0.5) is 15.9 Å². The molecule has 0 saturated carbocycles. The summed E-state index contributed by atoms with van der Waals surface area (Å²) >= 11 is 0. The van der Waals surface area contributed by atoms with Crippen LogP contribution in [-0.4, -0.2) is 56.0 Å². The number of halogens is 1. The summed E-state index contributed by atoms with van der Waals surface area (Å²) in [5, 5.41) is 1.32. The number of pyridine rings is 1. The van der Waals surface area contributed by atoms with Crippen LogP contribution in [0.15, 0.2) is 36.5 Å². The third-order valence-corrected chi connectivity index (χ3v) is 7.96. The zero-order valence-corrected chi connectivity index (χ0v) is 18.4. The molecule has 3 N–H and O–H groups in total. The average Bonchev–Trinajstić information content (AvgIpc) is 3.16. The van der Waals surface area contributed by atoms with E-state index in [1.807, 2.05) is 17.0 Å². The molecule has 170 valence electrons. The lowest BCUT2D eigenvalue weighted by atomic mass is 9.94. The molecule has 1 aromatic carbocycles. The van der Waals surface area contributed by atoms with Gasteiger partial charge in [0.25, 0.3) is 0 Å². The predicted molar refractivity (Wildman–Crippen MR) is 118 cm³/mol. The molecule has 1 aromatic heterocycles. The van der Waals surface area contributed by atoms with Crippen LogP contribution in [0.1, 0.15) is 23.6 Å². The lowest BCUT2D eigenvalue weighted by Crippen LogP contribution is -2.60. The van der Waals surface area contributed by atoms with Gasteiger partial charge in [-0.1, -0.05) is 18.2 Å². The summed E-state index contributed by atoms with van der Waals surface area (Å²) in [5.74, 6) is 0.355. The first-order valence-corrected chi connectivity index (χ1v) is 12.4. The maximum absolute atomic E-state index is 14.5. The number of nitrogens with zero attached hydrogens (tertiary/aromatic N) is 3. The standard InChI is InChI=1S/C21H25FN6O3S/c1-13-3-2-4-15(22)21(13)28-18(29)11-16-20(26-28)19(25-24-16)14-5-6-17(23-12-14)27-7-9-32(30,31)10-8-27/h2-6,12,16,19-20,24-26H,7-11H2,1H3. The highest BCUT2D eigenvalue weighted by Crippen LogP contribution is 2.32. The Morgan fingerprint density at radius 2 is 1.91 bits per heavy atom. The molecular formula is C21H25FN6O3S. The fourth-order valence-corrected chi connectivity index (χ4v) is 5.75. The van der Waals surface area contributed by atoms with E-state index >= 15 is 0 Å². The van der Waals surface area contributed by atoms with Gasteiger partial charge in [-0.25, -0.2) is 33.7 Å². The van der Waals surface area contributed by atoms with Crippen molar-refractivity contribution in [1.82, 2.24) is 21.3 Å². The van der Waals surface area contributed by atoms with E-state index in [2.05, 4.69) is 21.3 Å². The van der Waals surface area contributed by atoms with E-state index in [4.69, 9.17) is 0 Å². The van der Waals surface area contributed by atoms with Gasteiger partial charge in [0, 0.05) is 31.7 Å². The molecule has 3 unspecified atom stereocenters. The zero-order chi connectivity index (χ0) is 22.5. The smallest absolute Gasteiger partial charge is 0.243 e. The van der Waals surface area contributed by atoms with E-state index in [1.54, 1.807) is 25.3 Å². The Labute approximate surface area is 185 Å². The van der Waals surface area contributed by atoms with Crippen LogP contribution in [0.25, 0.3) is 0 Å². The van der Waals surface area contributed by atoms with Gasteiger partial charge in [-0.2, -0.15) is 0 Å². The van der Waals surface area contributed by atoms with Crippen molar-refractivity contribution in [3.05, 3.63) is 53.5 Å². The van der Waals surface area contributed by atoms with Crippen LogP contribution in [0.2, 0.25) is 0 Å². The Bertz CT molecular complexity index is 1110. The number of fused-ring (bicyclic) bond motifs is 1. The number of nitrogens with one attached hydrogen (secondary N) is 3. The number of anilines is 2. The van der Waals surface area contributed by atoms with Crippen LogP contribution in [0, 0.1) is 12.7 Å². The van der Waals surface area contributed by atoms with Crippen molar-refractivity contribution in [2.24, 2.45) is 0 Å². The van der Waals surface area contributed by atoms with Crippen LogP contribution >= 0.6 is 0 Å². The van der Waals surface area contributed by atoms with E-state index in [-0.39, 0.29) is 47.6 Å². The normalized spacial score (nSPS) is 27.4. The van der Waals surface area contributed by atoms with Crippen LogP contribution in [0.3, 0.4) is 0 Å². The first-order valence-electron chi connectivity index (χ1n) is 10.6. The number of amides is 1. The molecule has 3 fully saturated rings. The first-order chi connectivity index (χ1) is 15.3. The lowest BCUT2D eigenvalue weighted by Gasteiger charge is -2.37. The Hall–Kier alpha value is -2.60. The number of aryl methyl sites for hydroxylation is 1. The first kappa shape index (κ1) is 21.3. The second-order valence-corrected chi connectivity index (χ2v) is 10.8. The Kier molecular flexibility index (Phi) is 5.36. The minimum absolute atomic E-state index is 0.136. The molecule has 1 amide bonds. The van der Waals surface area contributed by atoms with Crippen LogP contribution in [0.5, 0.6) is 0 Å². The third-order valence-electron chi connectivity index (χ3n) is 6.35. The highest BCUT2D eigenvalue weighted by atomic mass is 32.2. The van der Waals surface area contributed by atoms with E-state index in [9.17, 15) is 17.6 Å². The number of carbonyl (C=O) groups is 1. The molecule has 2 aromatic rings. The molecule has 0 aliphatic carbocycles. The summed E-state index contributed by atoms with van der Waals surface area (Å²) in [5.41, 5.74) is 11.4. The molecule has 32 heavy (non-hydrogen) atoms. The minimum Gasteiger partial charge on any atom is -0.355 e. The van der Waals surface area contributed by atoms with Gasteiger partial charge in [-0.05, 0) is 30.2 Å². The van der Waals surface area contributed by atoms with Gasteiger partial charge in [0.2, 0.25) is 5.91 Å². The van der Waals surface area contributed by atoms with E-state index in [0.29, 0.717) is 18.7 Å². The summed E-state index contributed by atoms with van der Waals surface area (Å²) in [6.07, 6.45) is 1.99. The number of para-hydroxylation sites is 1. The number of hydrogen-bond acceptors (Lipinski definition) is 8. The molecule has 11 heteroatoms. The summed E-state index contributed by atoms with van der Waals surface area (Å²) in [4.78, 5) is 19.2. The maximum atomic E-state index is 14.5. The second-order valence-electron chi connectivity index (χ2n) is 8.45. The summed E-state index contributed by atoms with van der Waals surface area (Å²) in [6.45, 7) is 2.64. The van der Waals surface area contributed by atoms with Gasteiger partial charge in [0.05, 0.1) is 29.3 Å². The molecule has 9 nitrogen and oxygen atoms in total. The molecule has 3 aliphatic rings. The average molecular weight is 461 g/mol. The van der Waals surface area contributed by atoms with Crippen molar-refractivity contribution in [1.29, 1.82) is 0 Å². The van der Waals surface area contributed by atoms with Gasteiger partial charge in [0.1, 0.15) is 11.6 Å². The maximum Gasteiger partial charge on any atom is 0.243 e. The number of aromatic nitrogens is 1. The van der Waals surface area contributed by atoms with Crippen molar-refractivity contribution < 1.29 is 17.6 Å². The summed E-state index contributed by atoms with van der Waals surface area (Å²) < 4.78 is 37.8. The van der Waals surface area contributed by atoms with Gasteiger partial charge >= 0.3 is 0 Å². The van der Waals surface area contributed by atoms with Gasteiger partial charge in [-0.15, -0.1) is 0 Å². The fraction of sp³-hybridized carbons (Fsp3) is 0.429. The fourth-order valence-electron chi connectivity index (χ4n) is 4.55. The van der Waals surface area contributed by atoms with Crippen molar-refractivity contribution in [2.45, 2.75) is 31.5 Å². The highest BCUT2D eigenvalue weighted by Gasteiger charge is 2.44. The van der Waals surface area contributed by atoms with Crippen molar-refractivity contribution in [3.63, 3.8) is 0 Å².